The second-order valence-corrected chi connectivity index (χ2v) is 4.48. The number of aromatic amines is 1. The molecule has 2 aromatic carbocycles. The van der Waals surface area contributed by atoms with Crippen LogP contribution in [0.15, 0.2) is 42.5 Å². The summed E-state index contributed by atoms with van der Waals surface area (Å²) in [4.78, 5) is 26.7. The number of benzene rings is 2. The number of ketones is 1. The quantitative estimate of drug-likeness (QED) is 0.450. The number of H-pyrrole nitrogens is 1. The van der Waals surface area contributed by atoms with Gasteiger partial charge >= 0.3 is 5.97 Å². The standard InChI is InChI=1S/C16H13NO3/c1-2-20-16(19)15(18)10-7-8-14-12(9-10)11-5-3-4-6-13(11)17-14/h3-9,17H,2H2,1H3. The van der Waals surface area contributed by atoms with Crippen molar-refractivity contribution < 1.29 is 14.3 Å². The molecule has 4 heteroatoms. The zero-order chi connectivity index (χ0) is 14.1. The van der Waals surface area contributed by atoms with Crippen molar-refractivity contribution >= 4 is 33.6 Å². The molecule has 0 aliphatic rings. The van der Waals surface area contributed by atoms with Crippen LogP contribution in [0.25, 0.3) is 21.8 Å². The van der Waals surface area contributed by atoms with E-state index in [4.69, 9.17) is 4.74 Å². The number of rotatable bonds is 3. The lowest BCUT2D eigenvalue weighted by Crippen LogP contribution is -2.17. The highest BCUT2D eigenvalue weighted by atomic mass is 16.5. The number of carbonyl (C=O) groups excluding carboxylic acids is 2. The molecule has 0 radical (unpaired) electrons. The van der Waals surface area contributed by atoms with Crippen LogP contribution < -0.4 is 0 Å². The summed E-state index contributed by atoms with van der Waals surface area (Å²) in [5.74, 6) is -1.43. The van der Waals surface area contributed by atoms with Crippen molar-refractivity contribution in [1.29, 1.82) is 0 Å². The maximum absolute atomic E-state index is 12.0. The first-order valence-electron chi connectivity index (χ1n) is 6.42. The molecule has 1 N–H and O–H groups in total. The van der Waals surface area contributed by atoms with Crippen LogP contribution in [0.4, 0.5) is 0 Å². The van der Waals surface area contributed by atoms with E-state index in [-0.39, 0.29) is 6.61 Å². The lowest BCUT2D eigenvalue weighted by atomic mass is 10.1. The lowest BCUT2D eigenvalue weighted by Gasteiger charge is -2.01. The summed E-state index contributed by atoms with van der Waals surface area (Å²) in [6.07, 6.45) is 0. The Morgan fingerprint density at radius 2 is 1.80 bits per heavy atom. The molecule has 0 aliphatic carbocycles. The molecule has 0 spiro atoms. The highest BCUT2D eigenvalue weighted by Gasteiger charge is 2.18. The minimum Gasteiger partial charge on any atom is -0.460 e. The molecule has 0 saturated carbocycles. The molecule has 3 aromatic rings. The fourth-order valence-electron chi connectivity index (χ4n) is 2.30. The van der Waals surface area contributed by atoms with Crippen molar-refractivity contribution in [3.63, 3.8) is 0 Å². The molecule has 1 heterocycles. The lowest BCUT2D eigenvalue weighted by molar-refractivity contribution is -0.137. The van der Waals surface area contributed by atoms with Gasteiger partial charge in [0, 0.05) is 27.4 Å². The maximum atomic E-state index is 12.0. The van der Waals surface area contributed by atoms with Crippen molar-refractivity contribution in [1.82, 2.24) is 4.98 Å². The number of carbonyl (C=O) groups is 2. The van der Waals surface area contributed by atoms with Gasteiger partial charge in [-0.1, -0.05) is 18.2 Å². The number of ether oxygens (including phenoxy) is 1. The molecular formula is C16H13NO3. The normalized spacial score (nSPS) is 10.8. The van der Waals surface area contributed by atoms with Crippen molar-refractivity contribution in [2.75, 3.05) is 6.61 Å². The van der Waals surface area contributed by atoms with Gasteiger partial charge in [0.15, 0.2) is 0 Å². The summed E-state index contributed by atoms with van der Waals surface area (Å²) < 4.78 is 4.74. The summed E-state index contributed by atoms with van der Waals surface area (Å²) >= 11 is 0. The Labute approximate surface area is 115 Å². The van der Waals surface area contributed by atoms with Crippen molar-refractivity contribution in [2.45, 2.75) is 6.92 Å². The van der Waals surface area contributed by atoms with Gasteiger partial charge in [-0.3, -0.25) is 4.79 Å². The smallest absolute Gasteiger partial charge is 0.379 e. The topological polar surface area (TPSA) is 59.2 Å². The van der Waals surface area contributed by atoms with E-state index in [2.05, 4.69) is 4.98 Å². The van der Waals surface area contributed by atoms with E-state index >= 15 is 0 Å². The third kappa shape index (κ3) is 1.95. The molecule has 0 amide bonds. The van der Waals surface area contributed by atoms with Crippen molar-refractivity contribution in [3.8, 4) is 0 Å². The molecule has 100 valence electrons. The number of fused-ring (bicyclic) bond motifs is 3. The van der Waals surface area contributed by atoms with Crippen LogP contribution in [0, 0.1) is 0 Å². The van der Waals surface area contributed by atoms with Crippen molar-refractivity contribution in [2.24, 2.45) is 0 Å². The number of para-hydroxylation sites is 1. The third-order valence-corrected chi connectivity index (χ3v) is 3.23. The second kappa shape index (κ2) is 4.81. The van der Waals surface area contributed by atoms with E-state index < -0.39 is 11.8 Å². The average Bonchev–Trinajstić information content (AvgIpc) is 2.84. The number of hydrogen-bond donors (Lipinski definition) is 1. The van der Waals surface area contributed by atoms with Crippen LogP contribution in [0.5, 0.6) is 0 Å². The number of aromatic nitrogens is 1. The Bertz CT molecular complexity index is 817. The van der Waals surface area contributed by atoms with Crippen LogP contribution >= 0.6 is 0 Å². The van der Waals surface area contributed by atoms with Gasteiger partial charge < -0.3 is 9.72 Å². The van der Waals surface area contributed by atoms with E-state index in [1.54, 1.807) is 19.1 Å². The first kappa shape index (κ1) is 12.4. The van der Waals surface area contributed by atoms with Crippen LogP contribution in [-0.2, 0) is 9.53 Å². The first-order valence-corrected chi connectivity index (χ1v) is 6.42. The molecule has 20 heavy (non-hydrogen) atoms. The fourth-order valence-corrected chi connectivity index (χ4v) is 2.30. The molecule has 1 aromatic heterocycles. The number of Topliss-reactive ketones (excluding diaryl/α,β-unsaturated/α-hetero) is 1. The molecule has 0 bridgehead atoms. The van der Waals surface area contributed by atoms with Crippen LogP contribution in [0.3, 0.4) is 0 Å². The average molecular weight is 267 g/mol. The Kier molecular flexibility index (Phi) is 2.99. The second-order valence-electron chi connectivity index (χ2n) is 4.48. The van der Waals surface area contributed by atoms with Crippen LogP contribution in [0.2, 0.25) is 0 Å². The SMILES string of the molecule is CCOC(=O)C(=O)c1ccc2[nH]c3ccccc3c2c1. The molecule has 0 aliphatic heterocycles. The monoisotopic (exact) mass is 267 g/mol. The Balaban J connectivity index is 2.12. The molecule has 0 saturated heterocycles. The van der Waals surface area contributed by atoms with Gasteiger partial charge in [0.05, 0.1) is 6.61 Å². The Morgan fingerprint density at radius 1 is 1.05 bits per heavy atom. The van der Waals surface area contributed by atoms with Crippen LogP contribution in [-0.4, -0.2) is 23.3 Å². The van der Waals surface area contributed by atoms with E-state index in [0.717, 1.165) is 21.8 Å². The fraction of sp³-hybridized carbons (Fsp3) is 0.125. The maximum Gasteiger partial charge on any atom is 0.379 e. The summed E-state index contributed by atoms with van der Waals surface area (Å²) in [6, 6.07) is 13.0. The summed E-state index contributed by atoms with van der Waals surface area (Å²) in [5.41, 5.74) is 2.29. The van der Waals surface area contributed by atoms with E-state index in [1.165, 1.54) is 0 Å². The zero-order valence-electron chi connectivity index (χ0n) is 11.0. The minimum atomic E-state index is -0.813. The van der Waals surface area contributed by atoms with Gasteiger partial charge in [-0.25, -0.2) is 4.79 Å². The number of hydrogen-bond acceptors (Lipinski definition) is 3. The zero-order valence-corrected chi connectivity index (χ0v) is 11.0. The van der Waals surface area contributed by atoms with Gasteiger partial charge in [-0.15, -0.1) is 0 Å². The first-order chi connectivity index (χ1) is 9.70. The third-order valence-electron chi connectivity index (χ3n) is 3.23. The van der Waals surface area contributed by atoms with Gasteiger partial charge in [0.25, 0.3) is 5.78 Å². The molecule has 4 nitrogen and oxygen atoms in total. The van der Waals surface area contributed by atoms with Crippen LogP contribution in [0.1, 0.15) is 17.3 Å². The summed E-state index contributed by atoms with van der Waals surface area (Å²) in [7, 11) is 0. The van der Waals surface area contributed by atoms with Gasteiger partial charge in [0.2, 0.25) is 0 Å². The Hall–Kier alpha value is -2.62. The van der Waals surface area contributed by atoms with Gasteiger partial charge in [-0.05, 0) is 31.2 Å². The van der Waals surface area contributed by atoms with Gasteiger partial charge in [-0.2, -0.15) is 0 Å². The van der Waals surface area contributed by atoms with E-state index in [9.17, 15) is 9.59 Å². The predicted molar refractivity (Wildman–Crippen MR) is 76.8 cm³/mol. The molecule has 0 fully saturated rings. The summed E-state index contributed by atoms with van der Waals surface area (Å²) in [5, 5.41) is 1.96. The number of esters is 1. The predicted octanol–water partition coefficient (Wildman–Crippen LogP) is 3.07. The van der Waals surface area contributed by atoms with E-state index in [1.807, 2.05) is 30.3 Å². The minimum absolute atomic E-state index is 0.194. The molecule has 3 rings (SSSR count). The van der Waals surface area contributed by atoms with Gasteiger partial charge in [0.1, 0.15) is 0 Å². The largest absolute Gasteiger partial charge is 0.460 e. The van der Waals surface area contributed by atoms with E-state index in [0.29, 0.717) is 5.56 Å². The molecule has 0 atom stereocenters. The Morgan fingerprint density at radius 3 is 2.60 bits per heavy atom. The molecule has 0 unspecified atom stereocenters. The highest BCUT2D eigenvalue weighted by molar-refractivity contribution is 6.41. The molecular weight excluding hydrogens is 254 g/mol. The van der Waals surface area contributed by atoms with Crippen molar-refractivity contribution in [3.05, 3.63) is 48.0 Å². The number of nitrogens with one attached hydrogen (secondary N) is 1. The highest BCUT2D eigenvalue weighted by Crippen LogP contribution is 2.26. The summed E-state index contributed by atoms with van der Waals surface area (Å²) in [6.45, 7) is 1.87.